The lowest BCUT2D eigenvalue weighted by Gasteiger charge is -2.25. The van der Waals surface area contributed by atoms with Crippen molar-refractivity contribution in [3.05, 3.63) is 70.9 Å². The number of thiophene rings is 1. The predicted octanol–water partition coefficient (Wildman–Crippen LogP) is 5.09. The van der Waals surface area contributed by atoms with Crippen molar-refractivity contribution < 1.29 is 9.18 Å². The zero-order chi connectivity index (χ0) is 17.2. The highest BCUT2D eigenvalue weighted by atomic mass is 32.1. The van der Waals surface area contributed by atoms with Crippen LogP contribution in [-0.4, -0.2) is 17.5 Å². The number of hydrogen-bond acceptors (Lipinski definition) is 2. The summed E-state index contributed by atoms with van der Waals surface area (Å²) in [5, 5.41) is 6.32. The number of rotatable bonds is 3. The number of hydrogen-bond donors (Lipinski definition) is 1. The molecule has 4 rings (SSSR count). The molecule has 1 atom stereocenters. The number of benzene rings is 2. The first-order chi connectivity index (χ1) is 12.2. The molecule has 2 aromatic carbocycles. The highest BCUT2D eigenvalue weighted by Gasteiger charge is 2.30. The van der Waals surface area contributed by atoms with Crippen molar-refractivity contribution in [2.75, 3.05) is 6.54 Å². The SMILES string of the molecule is O=C(NCc1csc2ccccc12)N1CCC[C@@H]1c1cccc(F)c1. The van der Waals surface area contributed by atoms with E-state index in [0.29, 0.717) is 13.1 Å². The van der Waals surface area contributed by atoms with Gasteiger partial charge in [-0.1, -0.05) is 30.3 Å². The molecule has 0 spiro atoms. The molecule has 1 aromatic heterocycles. The number of nitrogens with zero attached hydrogens (tertiary/aromatic N) is 1. The van der Waals surface area contributed by atoms with Crippen molar-refractivity contribution in [3.8, 4) is 0 Å². The predicted molar refractivity (Wildman–Crippen MR) is 99.1 cm³/mol. The van der Waals surface area contributed by atoms with Crippen LogP contribution in [0.4, 0.5) is 9.18 Å². The van der Waals surface area contributed by atoms with Gasteiger partial charge in [-0.25, -0.2) is 9.18 Å². The average molecular weight is 354 g/mol. The minimum absolute atomic E-state index is 0.0464. The Morgan fingerprint density at radius 3 is 3.00 bits per heavy atom. The summed E-state index contributed by atoms with van der Waals surface area (Å²) in [5.41, 5.74) is 2.00. The third-order valence-electron chi connectivity index (χ3n) is 4.74. The van der Waals surface area contributed by atoms with Crippen LogP contribution < -0.4 is 5.32 Å². The van der Waals surface area contributed by atoms with E-state index in [2.05, 4.69) is 22.8 Å². The molecule has 1 saturated heterocycles. The van der Waals surface area contributed by atoms with Gasteiger partial charge in [0, 0.05) is 17.8 Å². The van der Waals surface area contributed by atoms with Crippen molar-refractivity contribution in [1.82, 2.24) is 10.2 Å². The molecule has 2 amide bonds. The number of likely N-dealkylation sites (tertiary alicyclic amines) is 1. The van der Waals surface area contributed by atoms with Gasteiger partial charge in [-0.2, -0.15) is 0 Å². The van der Waals surface area contributed by atoms with Crippen LogP contribution in [0.3, 0.4) is 0 Å². The summed E-state index contributed by atoms with van der Waals surface area (Å²) in [4.78, 5) is 14.5. The topological polar surface area (TPSA) is 32.3 Å². The van der Waals surface area contributed by atoms with Gasteiger partial charge >= 0.3 is 6.03 Å². The molecule has 5 heteroatoms. The normalized spacial score (nSPS) is 17.2. The van der Waals surface area contributed by atoms with Crippen molar-refractivity contribution in [2.24, 2.45) is 0 Å². The Morgan fingerprint density at radius 2 is 2.12 bits per heavy atom. The van der Waals surface area contributed by atoms with E-state index in [1.165, 1.54) is 22.2 Å². The summed E-state index contributed by atoms with van der Waals surface area (Å²) in [6.45, 7) is 1.21. The zero-order valence-electron chi connectivity index (χ0n) is 13.7. The maximum atomic E-state index is 13.5. The summed E-state index contributed by atoms with van der Waals surface area (Å²) in [5.74, 6) is -0.255. The summed E-state index contributed by atoms with van der Waals surface area (Å²) < 4.78 is 14.7. The standard InChI is InChI=1S/C20H19FN2OS/c21-16-6-3-5-14(11-16)18-8-4-10-23(18)20(24)22-12-15-13-25-19-9-2-1-7-17(15)19/h1-3,5-7,9,11,13,18H,4,8,10,12H2,(H,22,24)/t18-/m1/s1. The van der Waals surface area contributed by atoms with Crippen LogP contribution >= 0.6 is 11.3 Å². The van der Waals surface area contributed by atoms with Crippen molar-refractivity contribution >= 4 is 27.5 Å². The first kappa shape index (κ1) is 16.1. The second kappa shape index (κ2) is 6.84. The molecule has 0 radical (unpaired) electrons. The molecule has 1 N–H and O–H groups in total. The third kappa shape index (κ3) is 3.24. The van der Waals surface area contributed by atoms with Crippen LogP contribution in [0.2, 0.25) is 0 Å². The molecule has 0 aliphatic carbocycles. The molecular formula is C20H19FN2OS. The average Bonchev–Trinajstić information content (AvgIpc) is 3.27. The number of amides is 2. The van der Waals surface area contributed by atoms with E-state index in [1.54, 1.807) is 17.4 Å². The first-order valence-corrected chi connectivity index (χ1v) is 9.35. The van der Waals surface area contributed by atoms with Gasteiger partial charge in [0.25, 0.3) is 0 Å². The van der Waals surface area contributed by atoms with Crippen molar-refractivity contribution in [3.63, 3.8) is 0 Å². The number of nitrogens with one attached hydrogen (secondary N) is 1. The first-order valence-electron chi connectivity index (χ1n) is 8.47. The lowest BCUT2D eigenvalue weighted by molar-refractivity contribution is 0.192. The van der Waals surface area contributed by atoms with Crippen LogP contribution in [0, 0.1) is 5.82 Å². The van der Waals surface area contributed by atoms with Gasteiger partial charge in [0.2, 0.25) is 0 Å². The van der Waals surface area contributed by atoms with Crippen LogP contribution in [0.1, 0.15) is 30.0 Å². The lowest BCUT2D eigenvalue weighted by atomic mass is 10.0. The summed E-state index contributed by atoms with van der Waals surface area (Å²) >= 11 is 1.69. The molecule has 1 aliphatic heterocycles. The van der Waals surface area contributed by atoms with E-state index in [0.717, 1.165) is 24.0 Å². The van der Waals surface area contributed by atoms with Gasteiger partial charge in [0.05, 0.1) is 6.04 Å². The minimum Gasteiger partial charge on any atom is -0.334 e. The molecule has 3 nitrogen and oxygen atoms in total. The highest BCUT2D eigenvalue weighted by Crippen LogP contribution is 2.32. The molecular weight excluding hydrogens is 335 g/mol. The maximum Gasteiger partial charge on any atom is 0.318 e. The van der Waals surface area contributed by atoms with Gasteiger partial charge in [0.1, 0.15) is 5.82 Å². The molecule has 128 valence electrons. The van der Waals surface area contributed by atoms with E-state index < -0.39 is 0 Å². The Bertz CT molecular complexity index is 907. The molecule has 0 unspecified atom stereocenters. The molecule has 1 aliphatic rings. The van der Waals surface area contributed by atoms with Crippen LogP contribution in [-0.2, 0) is 6.54 Å². The molecule has 2 heterocycles. The van der Waals surface area contributed by atoms with Gasteiger partial charge in [0.15, 0.2) is 0 Å². The zero-order valence-corrected chi connectivity index (χ0v) is 14.6. The Hall–Kier alpha value is -2.40. The van der Waals surface area contributed by atoms with Gasteiger partial charge in [-0.15, -0.1) is 11.3 Å². The summed E-state index contributed by atoms with van der Waals surface area (Å²) in [6.07, 6.45) is 1.81. The number of halogens is 1. The number of carbonyl (C=O) groups excluding carboxylic acids is 1. The molecule has 1 fully saturated rings. The Labute approximate surface area is 150 Å². The quantitative estimate of drug-likeness (QED) is 0.698. The minimum atomic E-state index is -0.255. The largest absolute Gasteiger partial charge is 0.334 e. The number of carbonyl (C=O) groups is 1. The van der Waals surface area contributed by atoms with E-state index in [1.807, 2.05) is 23.1 Å². The maximum absolute atomic E-state index is 13.5. The Balaban J connectivity index is 1.47. The van der Waals surface area contributed by atoms with E-state index >= 15 is 0 Å². The number of urea groups is 1. The molecule has 0 bridgehead atoms. The monoisotopic (exact) mass is 354 g/mol. The molecule has 0 saturated carbocycles. The second-order valence-corrected chi connectivity index (χ2v) is 7.23. The van der Waals surface area contributed by atoms with Crippen molar-refractivity contribution in [1.29, 1.82) is 0 Å². The smallest absolute Gasteiger partial charge is 0.318 e. The van der Waals surface area contributed by atoms with Crippen molar-refractivity contribution in [2.45, 2.75) is 25.4 Å². The fourth-order valence-corrected chi connectivity index (χ4v) is 4.48. The fraction of sp³-hybridized carbons (Fsp3) is 0.250. The highest BCUT2D eigenvalue weighted by molar-refractivity contribution is 7.17. The van der Waals surface area contributed by atoms with E-state index in [-0.39, 0.29) is 17.9 Å². The Morgan fingerprint density at radius 1 is 1.24 bits per heavy atom. The summed E-state index contributed by atoms with van der Waals surface area (Å²) in [6, 6.07) is 14.6. The van der Waals surface area contributed by atoms with Crippen LogP contribution in [0.15, 0.2) is 53.9 Å². The summed E-state index contributed by atoms with van der Waals surface area (Å²) in [7, 11) is 0. The van der Waals surface area contributed by atoms with Gasteiger partial charge in [-0.3, -0.25) is 0 Å². The van der Waals surface area contributed by atoms with Gasteiger partial charge in [-0.05, 0) is 52.9 Å². The number of fused-ring (bicyclic) bond motifs is 1. The van der Waals surface area contributed by atoms with E-state index in [4.69, 9.17) is 0 Å². The molecule has 25 heavy (non-hydrogen) atoms. The lowest BCUT2D eigenvalue weighted by Crippen LogP contribution is -2.39. The fourth-order valence-electron chi connectivity index (χ4n) is 3.51. The van der Waals surface area contributed by atoms with E-state index in [9.17, 15) is 9.18 Å². The Kier molecular flexibility index (Phi) is 4.40. The van der Waals surface area contributed by atoms with Crippen LogP contribution in [0.25, 0.3) is 10.1 Å². The third-order valence-corrected chi connectivity index (χ3v) is 5.75. The van der Waals surface area contributed by atoms with Gasteiger partial charge < -0.3 is 10.2 Å². The van der Waals surface area contributed by atoms with Crippen LogP contribution in [0.5, 0.6) is 0 Å². The molecule has 3 aromatic rings. The second-order valence-electron chi connectivity index (χ2n) is 6.32.